The number of pyridine rings is 1. The van der Waals surface area contributed by atoms with E-state index < -0.39 is 0 Å². The molecule has 1 nitrogen and oxygen atoms in total. The predicted octanol–water partition coefficient (Wildman–Crippen LogP) is 1.72. The first-order valence-electron chi connectivity index (χ1n) is 3.43. The van der Waals surface area contributed by atoms with Crippen LogP contribution in [0.15, 0.2) is 43.2 Å². The molecule has 10 heavy (non-hydrogen) atoms. The Labute approximate surface area is 61.6 Å². The van der Waals surface area contributed by atoms with Crippen molar-refractivity contribution in [1.29, 1.82) is 0 Å². The first-order chi connectivity index (χ1) is 4.84. The molecule has 0 aromatic carbocycles. The van der Waals surface area contributed by atoms with E-state index in [1.54, 1.807) is 0 Å². The maximum absolute atomic E-state index is 3.72. The van der Waals surface area contributed by atoms with Crippen LogP contribution in [0.1, 0.15) is 13.0 Å². The molecule has 0 amide bonds. The summed E-state index contributed by atoms with van der Waals surface area (Å²) in [6.45, 7) is 5.82. The highest BCUT2D eigenvalue weighted by molar-refractivity contribution is 4.85. The molecule has 1 aromatic heterocycles. The molecule has 0 saturated carbocycles. The van der Waals surface area contributed by atoms with Gasteiger partial charge in [0, 0.05) is 19.1 Å². The second-order valence-corrected chi connectivity index (χ2v) is 2.30. The quantitative estimate of drug-likeness (QED) is 0.428. The highest BCUT2D eigenvalue weighted by Gasteiger charge is 2.03. The topological polar surface area (TPSA) is 3.88 Å². The van der Waals surface area contributed by atoms with Crippen molar-refractivity contribution in [2.45, 2.75) is 13.0 Å². The summed E-state index contributed by atoms with van der Waals surface area (Å²) < 4.78 is 2.10. The van der Waals surface area contributed by atoms with Gasteiger partial charge in [-0.15, -0.1) is 0 Å². The fraction of sp³-hybridized carbons (Fsp3) is 0.222. The molecule has 1 aromatic rings. The standard InChI is InChI=1S/C9H12N/c1-3-9(2)10-7-5-4-6-8-10/h3-9H,1H2,2H3/q+1. The van der Waals surface area contributed by atoms with Crippen molar-refractivity contribution in [3.63, 3.8) is 0 Å². The molecule has 1 atom stereocenters. The van der Waals surface area contributed by atoms with Crippen LogP contribution >= 0.6 is 0 Å². The molecular weight excluding hydrogens is 122 g/mol. The fourth-order valence-corrected chi connectivity index (χ4v) is 0.805. The van der Waals surface area contributed by atoms with E-state index in [9.17, 15) is 0 Å². The fourth-order valence-electron chi connectivity index (χ4n) is 0.805. The van der Waals surface area contributed by atoms with E-state index in [-0.39, 0.29) is 0 Å². The van der Waals surface area contributed by atoms with Gasteiger partial charge in [-0.3, -0.25) is 0 Å². The first-order valence-corrected chi connectivity index (χ1v) is 3.43. The van der Waals surface area contributed by atoms with Crippen molar-refractivity contribution in [2.75, 3.05) is 0 Å². The molecule has 52 valence electrons. The molecule has 0 bridgehead atoms. The van der Waals surface area contributed by atoms with Gasteiger partial charge in [-0.05, 0) is 6.08 Å². The van der Waals surface area contributed by atoms with Crippen molar-refractivity contribution >= 4 is 0 Å². The van der Waals surface area contributed by atoms with Crippen LogP contribution in [0.25, 0.3) is 0 Å². The zero-order chi connectivity index (χ0) is 7.40. The van der Waals surface area contributed by atoms with Gasteiger partial charge in [0.25, 0.3) is 0 Å². The molecule has 0 saturated heterocycles. The lowest BCUT2D eigenvalue weighted by molar-refractivity contribution is -0.708. The Balaban J connectivity index is 2.84. The van der Waals surface area contributed by atoms with E-state index in [0.717, 1.165) is 0 Å². The molecule has 0 N–H and O–H groups in total. The highest BCUT2D eigenvalue weighted by Crippen LogP contribution is 1.92. The third-order valence-electron chi connectivity index (χ3n) is 1.55. The summed E-state index contributed by atoms with van der Waals surface area (Å²) in [5, 5.41) is 0. The minimum atomic E-state index is 0.390. The second kappa shape index (κ2) is 3.16. The van der Waals surface area contributed by atoms with E-state index >= 15 is 0 Å². The Morgan fingerprint density at radius 3 is 2.40 bits per heavy atom. The van der Waals surface area contributed by atoms with Crippen LogP contribution in [0, 0.1) is 0 Å². The smallest absolute Gasteiger partial charge is 0.173 e. The zero-order valence-electron chi connectivity index (χ0n) is 6.20. The van der Waals surface area contributed by atoms with Gasteiger partial charge in [-0.2, -0.15) is 4.57 Å². The molecule has 0 aliphatic rings. The van der Waals surface area contributed by atoms with Crippen LogP contribution in [-0.2, 0) is 0 Å². The summed E-state index contributed by atoms with van der Waals surface area (Å²) in [6.07, 6.45) is 5.98. The van der Waals surface area contributed by atoms with Crippen LogP contribution in [0.5, 0.6) is 0 Å². The third kappa shape index (κ3) is 1.44. The molecule has 0 aliphatic heterocycles. The summed E-state index contributed by atoms with van der Waals surface area (Å²) in [4.78, 5) is 0. The average Bonchev–Trinajstić information content (AvgIpc) is 2.05. The minimum Gasteiger partial charge on any atom is -0.199 e. The van der Waals surface area contributed by atoms with Crippen molar-refractivity contribution in [3.8, 4) is 0 Å². The normalized spacial score (nSPS) is 12.5. The van der Waals surface area contributed by atoms with Crippen molar-refractivity contribution in [3.05, 3.63) is 43.2 Å². The lowest BCUT2D eigenvalue weighted by Gasteiger charge is -1.97. The number of hydrogen-bond donors (Lipinski definition) is 0. The van der Waals surface area contributed by atoms with Gasteiger partial charge in [0.05, 0.1) is 0 Å². The van der Waals surface area contributed by atoms with Gasteiger partial charge >= 0.3 is 0 Å². The number of rotatable bonds is 2. The van der Waals surface area contributed by atoms with E-state index in [0.29, 0.717) is 6.04 Å². The predicted molar refractivity (Wildman–Crippen MR) is 41.5 cm³/mol. The SMILES string of the molecule is C=CC(C)[n+]1ccccc1. The molecular formula is C9H12N+. The van der Waals surface area contributed by atoms with Gasteiger partial charge in [0.1, 0.15) is 0 Å². The van der Waals surface area contributed by atoms with Gasteiger partial charge in [0.15, 0.2) is 18.4 Å². The lowest BCUT2D eigenvalue weighted by atomic mass is 10.3. The maximum Gasteiger partial charge on any atom is 0.173 e. The number of nitrogens with zero attached hydrogens (tertiary/aromatic N) is 1. The van der Waals surface area contributed by atoms with Crippen molar-refractivity contribution < 1.29 is 4.57 Å². The summed E-state index contributed by atoms with van der Waals surface area (Å²) >= 11 is 0. The Kier molecular flexibility index (Phi) is 2.21. The van der Waals surface area contributed by atoms with Gasteiger partial charge in [0.2, 0.25) is 0 Å². The van der Waals surface area contributed by atoms with Crippen molar-refractivity contribution in [1.82, 2.24) is 0 Å². The van der Waals surface area contributed by atoms with E-state index in [1.165, 1.54) is 0 Å². The molecule has 0 fully saturated rings. The number of aromatic nitrogens is 1. The van der Waals surface area contributed by atoms with Crippen molar-refractivity contribution in [2.24, 2.45) is 0 Å². The lowest BCUT2D eigenvalue weighted by Crippen LogP contribution is -2.35. The van der Waals surface area contributed by atoms with Crippen LogP contribution in [0.4, 0.5) is 0 Å². The van der Waals surface area contributed by atoms with E-state index in [4.69, 9.17) is 0 Å². The second-order valence-electron chi connectivity index (χ2n) is 2.30. The van der Waals surface area contributed by atoms with Crippen LogP contribution in [0.3, 0.4) is 0 Å². The first kappa shape index (κ1) is 7.00. The maximum atomic E-state index is 3.72. The summed E-state index contributed by atoms with van der Waals surface area (Å²) in [7, 11) is 0. The molecule has 1 unspecified atom stereocenters. The van der Waals surface area contributed by atoms with Crippen LogP contribution < -0.4 is 4.57 Å². The highest BCUT2D eigenvalue weighted by atomic mass is 15.0. The largest absolute Gasteiger partial charge is 0.199 e. The summed E-state index contributed by atoms with van der Waals surface area (Å²) in [6, 6.07) is 6.42. The van der Waals surface area contributed by atoms with Gasteiger partial charge in [-0.25, -0.2) is 0 Å². The zero-order valence-corrected chi connectivity index (χ0v) is 6.20. The summed E-state index contributed by atoms with van der Waals surface area (Å²) in [5.74, 6) is 0. The Morgan fingerprint density at radius 2 is 1.90 bits per heavy atom. The molecule has 0 radical (unpaired) electrons. The Hall–Kier alpha value is -1.11. The molecule has 1 heterocycles. The number of allylic oxidation sites excluding steroid dienone is 1. The minimum absolute atomic E-state index is 0.390. The molecule has 1 rings (SSSR count). The van der Waals surface area contributed by atoms with Crippen LogP contribution in [0.2, 0.25) is 0 Å². The molecule has 0 aliphatic carbocycles. The molecule has 1 heteroatoms. The average molecular weight is 134 g/mol. The molecule has 0 spiro atoms. The summed E-state index contributed by atoms with van der Waals surface area (Å²) in [5.41, 5.74) is 0. The Bertz CT molecular complexity index is 203. The van der Waals surface area contributed by atoms with E-state index in [1.807, 2.05) is 36.7 Å². The Morgan fingerprint density at radius 1 is 1.30 bits per heavy atom. The van der Waals surface area contributed by atoms with Gasteiger partial charge < -0.3 is 0 Å². The number of hydrogen-bond acceptors (Lipinski definition) is 0. The van der Waals surface area contributed by atoms with Crippen LogP contribution in [-0.4, -0.2) is 0 Å². The van der Waals surface area contributed by atoms with E-state index in [2.05, 4.69) is 18.1 Å². The third-order valence-corrected chi connectivity index (χ3v) is 1.55. The van der Waals surface area contributed by atoms with Gasteiger partial charge in [-0.1, -0.05) is 12.6 Å². The monoisotopic (exact) mass is 134 g/mol.